The molecule has 0 aliphatic rings. The third-order valence-corrected chi connectivity index (χ3v) is 4.99. The number of benzene rings is 2. The van der Waals surface area contributed by atoms with Crippen molar-refractivity contribution in [2.75, 3.05) is 24.3 Å². The van der Waals surface area contributed by atoms with Gasteiger partial charge in [0, 0.05) is 38.2 Å². The molecule has 180 valence electrons. The molecule has 4 rings (SSSR count). The van der Waals surface area contributed by atoms with Crippen LogP contribution in [0.1, 0.15) is 11.3 Å². The zero-order chi connectivity index (χ0) is 25.0. The molecule has 0 radical (unpaired) electrons. The topological polar surface area (TPSA) is 92.3 Å². The first-order valence-electron chi connectivity index (χ1n) is 10.5. The Bertz CT molecular complexity index is 1330. The summed E-state index contributed by atoms with van der Waals surface area (Å²) in [5.41, 5.74) is 1.71. The predicted molar refractivity (Wildman–Crippen MR) is 125 cm³/mol. The smallest absolute Gasteiger partial charge is 0.433 e. The van der Waals surface area contributed by atoms with Gasteiger partial charge in [-0.1, -0.05) is 6.07 Å². The number of pyridine rings is 1. The van der Waals surface area contributed by atoms with Gasteiger partial charge in [0.05, 0.1) is 10.9 Å². The first-order valence-corrected chi connectivity index (χ1v) is 10.5. The molecule has 0 bridgehead atoms. The number of carbonyl (C=O) groups excluding carboxylic acids is 1. The minimum Gasteiger partial charge on any atom is -0.438 e. The van der Waals surface area contributed by atoms with E-state index in [4.69, 9.17) is 4.74 Å². The van der Waals surface area contributed by atoms with Gasteiger partial charge in [-0.25, -0.2) is 14.8 Å². The van der Waals surface area contributed by atoms with E-state index in [9.17, 15) is 18.0 Å². The van der Waals surface area contributed by atoms with Crippen LogP contribution in [0.15, 0.2) is 67.1 Å². The van der Waals surface area contributed by atoms with Crippen molar-refractivity contribution in [1.29, 1.82) is 0 Å². The summed E-state index contributed by atoms with van der Waals surface area (Å²) in [6.07, 6.45) is -1.99. The Kier molecular flexibility index (Phi) is 6.67. The number of ether oxygens (including phenoxy) is 1. The van der Waals surface area contributed by atoms with Crippen molar-refractivity contribution < 1.29 is 22.7 Å². The van der Waals surface area contributed by atoms with Crippen LogP contribution in [0.2, 0.25) is 0 Å². The minimum absolute atomic E-state index is 0.0223. The lowest BCUT2D eigenvalue weighted by molar-refractivity contribution is -0.141. The number of urea groups is 1. The maximum atomic E-state index is 12.6. The number of hydrogen-bond acceptors (Lipinski definition) is 6. The zero-order valence-electron chi connectivity index (χ0n) is 18.8. The van der Waals surface area contributed by atoms with E-state index in [1.54, 1.807) is 24.3 Å². The maximum Gasteiger partial charge on any atom is 0.433 e. The van der Waals surface area contributed by atoms with Crippen LogP contribution in [0.4, 0.5) is 29.3 Å². The summed E-state index contributed by atoms with van der Waals surface area (Å²) in [5.74, 6) is 0.924. The van der Waals surface area contributed by atoms with Gasteiger partial charge in [0.1, 0.15) is 17.8 Å². The quantitative estimate of drug-likeness (QED) is 0.391. The van der Waals surface area contributed by atoms with Gasteiger partial charge in [-0.3, -0.25) is 4.98 Å². The van der Waals surface area contributed by atoms with Crippen LogP contribution in [0, 0.1) is 0 Å². The van der Waals surface area contributed by atoms with E-state index in [2.05, 4.69) is 25.6 Å². The molecule has 8 nitrogen and oxygen atoms in total. The van der Waals surface area contributed by atoms with E-state index in [1.165, 1.54) is 12.4 Å². The lowest BCUT2D eigenvalue weighted by Crippen LogP contribution is -2.28. The summed E-state index contributed by atoms with van der Waals surface area (Å²) in [4.78, 5) is 26.0. The number of alkyl halides is 3. The van der Waals surface area contributed by atoms with E-state index in [0.29, 0.717) is 22.9 Å². The highest BCUT2D eigenvalue weighted by molar-refractivity contribution is 5.89. The average Bonchev–Trinajstić information content (AvgIpc) is 2.83. The third-order valence-electron chi connectivity index (χ3n) is 4.99. The Morgan fingerprint density at radius 1 is 1.00 bits per heavy atom. The molecule has 0 saturated heterocycles. The number of aromatic nitrogens is 3. The van der Waals surface area contributed by atoms with Crippen molar-refractivity contribution in [3.8, 4) is 11.6 Å². The first-order chi connectivity index (χ1) is 16.7. The molecule has 2 amide bonds. The van der Waals surface area contributed by atoms with Crippen molar-refractivity contribution in [2.45, 2.75) is 12.7 Å². The Hall–Kier alpha value is -4.41. The summed E-state index contributed by atoms with van der Waals surface area (Å²) < 4.78 is 43.6. The summed E-state index contributed by atoms with van der Waals surface area (Å²) in [6.45, 7) is 0.0223. The van der Waals surface area contributed by atoms with E-state index in [1.807, 2.05) is 37.2 Å². The first kappa shape index (κ1) is 23.7. The van der Waals surface area contributed by atoms with Crippen molar-refractivity contribution >= 4 is 28.3 Å². The minimum atomic E-state index is -4.50. The second-order valence-corrected chi connectivity index (χ2v) is 7.76. The molecule has 35 heavy (non-hydrogen) atoms. The van der Waals surface area contributed by atoms with Crippen LogP contribution >= 0.6 is 0 Å². The molecule has 0 saturated carbocycles. The molecule has 2 aromatic carbocycles. The van der Waals surface area contributed by atoms with E-state index >= 15 is 0 Å². The molecule has 0 aliphatic heterocycles. The number of amides is 2. The van der Waals surface area contributed by atoms with Crippen LogP contribution in [-0.2, 0) is 12.7 Å². The highest BCUT2D eigenvalue weighted by Crippen LogP contribution is 2.30. The van der Waals surface area contributed by atoms with E-state index in [-0.39, 0.29) is 6.54 Å². The second-order valence-electron chi connectivity index (χ2n) is 7.76. The number of hydrogen-bond donors (Lipinski definition) is 2. The predicted octanol–water partition coefficient (Wildman–Crippen LogP) is 5.22. The van der Waals surface area contributed by atoms with E-state index in [0.717, 1.165) is 28.9 Å². The highest BCUT2D eigenvalue weighted by Gasteiger charge is 2.31. The molecular formula is C24H21F3N6O2. The molecule has 2 heterocycles. The van der Waals surface area contributed by atoms with Crippen LogP contribution in [0.3, 0.4) is 0 Å². The SMILES string of the molecule is CN(C)c1ccc2c(Oc3ccc(NC(=O)NCc4ccc(C(F)(F)F)nc4)cc3)ncnc2c1. The second kappa shape index (κ2) is 9.84. The number of fused-ring (bicyclic) bond motifs is 1. The Morgan fingerprint density at radius 2 is 1.77 bits per heavy atom. The molecule has 2 aromatic heterocycles. The van der Waals surface area contributed by atoms with E-state index < -0.39 is 17.9 Å². The number of carbonyl (C=O) groups is 1. The van der Waals surface area contributed by atoms with Crippen LogP contribution in [0.5, 0.6) is 11.6 Å². The third kappa shape index (κ3) is 5.94. The molecule has 0 fully saturated rings. The summed E-state index contributed by atoms with van der Waals surface area (Å²) >= 11 is 0. The summed E-state index contributed by atoms with van der Waals surface area (Å²) in [5, 5.41) is 5.98. The molecular weight excluding hydrogens is 461 g/mol. The average molecular weight is 482 g/mol. The Labute approximate surface area is 198 Å². The number of nitrogens with zero attached hydrogens (tertiary/aromatic N) is 4. The molecule has 0 atom stereocenters. The number of nitrogens with one attached hydrogen (secondary N) is 2. The number of rotatable bonds is 6. The normalized spacial score (nSPS) is 11.2. The molecule has 0 spiro atoms. The monoisotopic (exact) mass is 482 g/mol. The zero-order valence-corrected chi connectivity index (χ0v) is 18.8. The fraction of sp³-hybridized carbons (Fsp3) is 0.167. The Balaban J connectivity index is 1.35. The van der Waals surface area contributed by atoms with Gasteiger partial charge in [0.2, 0.25) is 5.88 Å². The number of halogens is 3. The number of anilines is 2. The highest BCUT2D eigenvalue weighted by atomic mass is 19.4. The van der Waals surface area contributed by atoms with Gasteiger partial charge in [0.15, 0.2) is 0 Å². The van der Waals surface area contributed by atoms with Gasteiger partial charge in [-0.15, -0.1) is 0 Å². The van der Waals surface area contributed by atoms with Gasteiger partial charge < -0.3 is 20.3 Å². The maximum absolute atomic E-state index is 12.6. The molecule has 0 unspecified atom stereocenters. The Morgan fingerprint density at radius 3 is 2.43 bits per heavy atom. The van der Waals surface area contributed by atoms with Crippen molar-refractivity contribution in [3.63, 3.8) is 0 Å². The fourth-order valence-corrected chi connectivity index (χ4v) is 3.15. The van der Waals surface area contributed by atoms with Gasteiger partial charge in [-0.2, -0.15) is 13.2 Å². The van der Waals surface area contributed by atoms with Gasteiger partial charge >= 0.3 is 12.2 Å². The standard InChI is InChI=1S/C24H21F3N6O2/c1-33(2)17-6-9-19-20(11-17)30-14-31-22(19)35-18-7-4-16(5-8-18)32-23(34)29-13-15-3-10-21(28-12-15)24(25,26)27/h3-12,14H,13H2,1-2H3,(H2,29,32,34). The molecule has 2 N–H and O–H groups in total. The summed E-state index contributed by atoms with van der Waals surface area (Å²) in [7, 11) is 3.89. The van der Waals surface area contributed by atoms with Crippen molar-refractivity contribution in [3.05, 3.63) is 78.4 Å². The van der Waals surface area contributed by atoms with Gasteiger partial charge in [-0.05, 0) is 54.1 Å². The molecule has 4 aromatic rings. The largest absolute Gasteiger partial charge is 0.438 e. The summed E-state index contributed by atoms with van der Waals surface area (Å²) in [6, 6.07) is 14.1. The van der Waals surface area contributed by atoms with Gasteiger partial charge in [0.25, 0.3) is 0 Å². The fourth-order valence-electron chi connectivity index (χ4n) is 3.15. The van der Waals surface area contributed by atoms with Crippen molar-refractivity contribution in [1.82, 2.24) is 20.3 Å². The molecule has 0 aliphatic carbocycles. The lowest BCUT2D eigenvalue weighted by atomic mass is 10.2. The molecule has 11 heteroatoms. The van der Waals surface area contributed by atoms with Crippen LogP contribution in [-0.4, -0.2) is 35.1 Å². The van der Waals surface area contributed by atoms with Crippen LogP contribution < -0.4 is 20.3 Å². The lowest BCUT2D eigenvalue weighted by Gasteiger charge is -2.14. The van der Waals surface area contributed by atoms with Crippen LogP contribution in [0.25, 0.3) is 10.9 Å². The van der Waals surface area contributed by atoms with Crippen molar-refractivity contribution in [2.24, 2.45) is 0 Å².